The van der Waals surface area contributed by atoms with Gasteiger partial charge in [-0.2, -0.15) is 0 Å². The Kier molecular flexibility index (Phi) is 6.49. The second-order valence-corrected chi connectivity index (χ2v) is 9.26. The summed E-state index contributed by atoms with van der Waals surface area (Å²) >= 11 is 0. The summed E-state index contributed by atoms with van der Waals surface area (Å²) in [5.41, 5.74) is 4.47. The van der Waals surface area contributed by atoms with Gasteiger partial charge >= 0.3 is 0 Å². The first-order valence-electron chi connectivity index (χ1n) is 11.2. The molecule has 160 valence electrons. The van der Waals surface area contributed by atoms with Gasteiger partial charge in [-0.05, 0) is 86.6 Å². The zero-order valence-electron chi connectivity index (χ0n) is 18.3. The minimum Gasteiger partial charge on any atom is -0.355 e. The maximum atomic E-state index is 12.6. The minimum atomic E-state index is 0.184. The average molecular weight is 407 g/mol. The van der Waals surface area contributed by atoms with E-state index in [1.807, 2.05) is 26.5 Å². The number of likely N-dealkylation sites (N-methyl/N-ethyl adjacent to an activating group) is 1. The zero-order valence-corrected chi connectivity index (χ0v) is 18.3. The molecule has 1 fully saturated rings. The topological polar surface area (TPSA) is 48.5 Å². The number of nitrogens with one attached hydrogen (secondary N) is 1. The lowest BCUT2D eigenvalue weighted by atomic mass is 9.73. The van der Waals surface area contributed by atoms with Crippen molar-refractivity contribution in [1.29, 1.82) is 0 Å². The minimum absolute atomic E-state index is 0.184. The van der Waals surface area contributed by atoms with Crippen LogP contribution in [0.25, 0.3) is 0 Å². The van der Waals surface area contributed by atoms with Crippen molar-refractivity contribution in [1.82, 2.24) is 20.1 Å². The summed E-state index contributed by atoms with van der Waals surface area (Å²) in [6, 6.07) is 13.1. The fraction of sp³-hybridized carbons (Fsp3) is 0.520. The number of aromatic nitrogens is 1. The van der Waals surface area contributed by atoms with Crippen LogP contribution in [0.5, 0.6) is 0 Å². The molecule has 1 spiro atoms. The molecule has 2 aliphatic rings. The number of benzene rings is 1. The summed E-state index contributed by atoms with van der Waals surface area (Å²) in [7, 11) is 4.06. The Labute approximate surface area is 180 Å². The standard InChI is InChI=1S/C25H34N4O/c1-28(2)16-13-27-24(30)17-21-18-25(23-6-4-3-5-22(21)23)9-14-29(15-10-25)19-20-7-11-26-12-8-20/h3-8,11-12,21H,9-10,13-19H2,1-2H3,(H,27,30). The van der Waals surface area contributed by atoms with E-state index in [9.17, 15) is 4.79 Å². The Morgan fingerprint density at radius 1 is 1.17 bits per heavy atom. The van der Waals surface area contributed by atoms with Gasteiger partial charge in [0.05, 0.1) is 0 Å². The van der Waals surface area contributed by atoms with E-state index >= 15 is 0 Å². The Hall–Kier alpha value is -2.24. The van der Waals surface area contributed by atoms with Crippen LogP contribution in [0.2, 0.25) is 0 Å². The summed E-state index contributed by atoms with van der Waals surface area (Å²) in [5.74, 6) is 0.524. The molecule has 1 aliphatic carbocycles. The third kappa shape index (κ3) is 4.73. The van der Waals surface area contributed by atoms with Crippen LogP contribution in [0.1, 0.15) is 48.3 Å². The number of amides is 1. The van der Waals surface area contributed by atoms with Gasteiger partial charge in [0.15, 0.2) is 0 Å². The highest BCUT2D eigenvalue weighted by molar-refractivity contribution is 5.77. The molecule has 0 bridgehead atoms. The molecule has 1 aromatic heterocycles. The quantitative estimate of drug-likeness (QED) is 0.767. The van der Waals surface area contributed by atoms with Crippen LogP contribution in [-0.2, 0) is 16.8 Å². The molecule has 1 atom stereocenters. The molecule has 5 nitrogen and oxygen atoms in total. The van der Waals surface area contributed by atoms with E-state index in [4.69, 9.17) is 0 Å². The lowest BCUT2D eigenvalue weighted by molar-refractivity contribution is -0.121. The molecule has 1 aromatic carbocycles. The highest BCUT2D eigenvalue weighted by atomic mass is 16.1. The van der Waals surface area contributed by atoms with Gasteiger partial charge in [-0.25, -0.2) is 0 Å². The summed E-state index contributed by atoms with van der Waals surface area (Å²) in [6.07, 6.45) is 7.81. The van der Waals surface area contributed by atoms with Crippen molar-refractivity contribution in [3.63, 3.8) is 0 Å². The maximum absolute atomic E-state index is 12.6. The van der Waals surface area contributed by atoms with E-state index in [1.54, 1.807) is 0 Å². The third-order valence-electron chi connectivity index (χ3n) is 6.89. The van der Waals surface area contributed by atoms with Crippen LogP contribution in [-0.4, -0.2) is 61.0 Å². The Balaban J connectivity index is 1.39. The molecular weight excluding hydrogens is 372 g/mol. The van der Waals surface area contributed by atoms with Crippen LogP contribution in [0, 0.1) is 0 Å². The van der Waals surface area contributed by atoms with E-state index in [0.717, 1.165) is 39.1 Å². The Bertz CT molecular complexity index is 843. The molecule has 1 saturated heterocycles. The molecule has 2 aromatic rings. The van der Waals surface area contributed by atoms with Gasteiger partial charge in [0, 0.05) is 38.4 Å². The summed E-state index contributed by atoms with van der Waals surface area (Å²) in [4.78, 5) is 21.4. The number of carbonyl (C=O) groups is 1. The number of hydrogen-bond acceptors (Lipinski definition) is 4. The fourth-order valence-electron chi connectivity index (χ4n) is 5.28. The normalized spacial score (nSPS) is 20.4. The predicted molar refractivity (Wildman–Crippen MR) is 120 cm³/mol. The zero-order chi connectivity index (χ0) is 21.0. The van der Waals surface area contributed by atoms with Gasteiger partial charge < -0.3 is 10.2 Å². The molecule has 1 amide bonds. The lowest BCUT2D eigenvalue weighted by Gasteiger charge is -2.40. The average Bonchev–Trinajstić information content (AvgIpc) is 3.04. The van der Waals surface area contributed by atoms with Crippen LogP contribution in [0.15, 0.2) is 48.8 Å². The number of fused-ring (bicyclic) bond motifs is 2. The van der Waals surface area contributed by atoms with E-state index in [-0.39, 0.29) is 11.3 Å². The monoisotopic (exact) mass is 406 g/mol. The van der Waals surface area contributed by atoms with Crippen molar-refractivity contribution in [2.24, 2.45) is 0 Å². The second kappa shape index (κ2) is 9.27. The second-order valence-electron chi connectivity index (χ2n) is 9.26. The van der Waals surface area contributed by atoms with Gasteiger partial charge in [0.25, 0.3) is 0 Å². The van der Waals surface area contributed by atoms with Crippen LogP contribution >= 0.6 is 0 Å². The number of likely N-dealkylation sites (tertiary alicyclic amines) is 1. The maximum Gasteiger partial charge on any atom is 0.220 e. The number of rotatable bonds is 7. The molecule has 2 heterocycles. The van der Waals surface area contributed by atoms with Gasteiger partial charge in [-0.3, -0.25) is 14.7 Å². The van der Waals surface area contributed by atoms with Crippen LogP contribution in [0.4, 0.5) is 0 Å². The molecule has 1 N–H and O–H groups in total. The van der Waals surface area contributed by atoms with Gasteiger partial charge in [-0.1, -0.05) is 24.3 Å². The van der Waals surface area contributed by atoms with Crippen molar-refractivity contribution in [3.05, 3.63) is 65.5 Å². The first kappa shape index (κ1) is 21.0. The number of hydrogen-bond donors (Lipinski definition) is 1. The summed E-state index contributed by atoms with van der Waals surface area (Å²) in [6.45, 7) is 4.81. The molecule has 4 rings (SSSR count). The van der Waals surface area contributed by atoms with E-state index in [2.05, 4.69) is 56.5 Å². The van der Waals surface area contributed by atoms with E-state index < -0.39 is 0 Å². The van der Waals surface area contributed by atoms with Crippen molar-refractivity contribution in [2.45, 2.75) is 43.6 Å². The van der Waals surface area contributed by atoms with E-state index in [1.165, 1.54) is 29.5 Å². The number of nitrogens with zero attached hydrogens (tertiary/aromatic N) is 3. The number of piperidine rings is 1. The first-order valence-corrected chi connectivity index (χ1v) is 11.2. The highest BCUT2D eigenvalue weighted by Gasteiger charge is 2.45. The van der Waals surface area contributed by atoms with Gasteiger partial charge in [0.2, 0.25) is 5.91 Å². The summed E-state index contributed by atoms with van der Waals surface area (Å²) < 4.78 is 0. The van der Waals surface area contributed by atoms with E-state index in [0.29, 0.717) is 12.3 Å². The Morgan fingerprint density at radius 3 is 2.63 bits per heavy atom. The number of pyridine rings is 1. The van der Waals surface area contributed by atoms with Gasteiger partial charge in [0.1, 0.15) is 0 Å². The van der Waals surface area contributed by atoms with Crippen molar-refractivity contribution >= 4 is 5.91 Å². The molecule has 30 heavy (non-hydrogen) atoms. The molecule has 5 heteroatoms. The van der Waals surface area contributed by atoms with Gasteiger partial charge in [-0.15, -0.1) is 0 Å². The third-order valence-corrected chi connectivity index (χ3v) is 6.89. The Morgan fingerprint density at radius 2 is 1.90 bits per heavy atom. The highest BCUT2D eigenvalue weighted by Crippen LogP contribution is 2.52. The summed E-state index contributed by atoms with van der Waals surface area (Å²) in [5, 5.41) is 3.10. The van der Waals surface area contributed by atoms with Crippen LogP contribution in [0.3, 0.4) is 0 Å². The lowest BCUT2D eigenvalue weighted by Crippen LogP contribution is -2.41. The fourth-order valence-corrected chi connectivity index (χ4v) is 5.28. The molecule has 1 unspecified atom stereocenters. The smallest absolute Gasteiger partial charge is 0.220 e. The SMILES string of the molecule is CN(C)CCNC(=O)CC1CC2(CCN(Cc3ccncc3)CC2)c2ccccc21. The van der Waals surface area contributed by atoms with Crippen molar-refractivity contribution in [3.8, 4) is 0 Å². The number of carbonyl (C=O) groups excluding carboxylic acids is 1. The molecule has 0 saturated carbocycles. The van der Waals surface area contributed by atoms with Crippen molar-refractivity contribution < 1.29 is 4.79 Å². The van der Waals surface area contributed by atoms with Crippen LogP contribution < -0.4 is 5.32 Å². The first-order chi connectivity index (χ1) is 14.6. The largest absolute Gasteiger partial charge is 0.355 e. The molecular formula is C25H34N4O. The predicted octanol–water partition coefficient (Wildman–Crippen LogP) is 3.17. The van der Waals surface area contributed by atoms with Crippen molar-refractivity contribution in [2.75, 3.05) is 40.3 Å². The molecule has 1 aliphatic heterocycles. The molecule has 0 radical (unpaired) electrons.